The van der Waals surface area contributed by atoms with Gasteiger partial charge in [0.05, 0.1) is 0 Å². The summed E-state index contributed by atoms with van der Waals surface area (Å²) in [5, 5.41) is 3.08. The molecule has 0 aliphatic heterocycles. The average molecular weight is 445 g/mol. The van der Waals surface area contributed by atoms with E-state index >= 15 is 0 Å². The van der Waals surface area contributed by atoms with Crippen LogP contribution < -0.4 is 5.43 Å². The van der Waals surface area contributed by atoms with E-state index in [4.69, 9.17) is 0 Å². The fourth-order valence-corrected chi connectivity index (χ4v) is 4.73. The molecule has 0 amide bonds. The number of fused-ring (bicyclic) bond motifs is 5. The van der Waals surface area contributed by atoms with Crippen LogP contribution in [-0.2, 0) is 12.6 Å². The van der Waals surface area contributed by atoms with Gasteiger partial charge in [-0.2, -0.15) is 13.2 Å². The van der Waals surface area contributed by atoms with Gasteiger partial charge in [0.15, 0.2) is 5.43 Å². The Bertz CT molecular complexity index is 1470. The third kappa shape index (κ3) is 4.11. The molecule has 2 aliphatic rings. The number of alkyl halides is 3. The van der Waals surface area contributed by atoms with Gasteiger partial charge in [0, 0.05) is 17.0 Å². The largest absolute Gasteiger partial charge is 0.431 e. The number of allylic oxidation sites excluding steroid dienone is 4. The van der Waals surface area contributed by atoms with Crippen LogP contribution in [0.5, 0.6) is 0 Å². The van der Waals surface area contributed by atoms with Gasteiger partial charge in [0.1, 0.15) is 5.69 Å². The van der Waals surface area contributed by atoms with Gasteiger partial charge in [0.25, 0.3) is 0 Å². The molecule has 2 aliphatic carbocycles. The van der Waals surface area contributed by atoms with Crippen molar-refractivity contribution in [3.05, 3.63) is 111 Å². The number of nitrogens with one attached hydrogen (secondary N) is 1. The van der Waals surface area contributed by atoms with E-state index in [0.717, 1.165) is 0 Å². The number of para-hydroxylation sites is 1. The number of H-pyrrole nitrogens is 1. The molecule has 5 heteroatoms. The second-order valence-corrected chi connectivity index (χ2v) is 8.36. The molecule has 0 saturated carbocycles. The third-order valence-electron chi connectivity index (χ3n) is 6.33. The molecule has 0 fully saturated rings. The number of aromatic amines is 1. The standard InChI is InChI=1S/C18H16.C10H6F3NO/c1-3-7-15-13(5-1)9-11-18-16-8-4-2-6-14(16)10-12-17(15)18;11-10(12,13)9-5-8(15)6-3-1-2-4-7(6)14-9/h1,3-5,7-9,11H,2,6,10,12H2;1-5H,(H,14,15). The molecule has 2 nitrogen and oxygen atoms in total. The Morgan fingerprint density at radius 1 is 0.818 bits per heavy atom. The van der Waals surface area contributed by atoms with Crippen molar-refractivity contribution in [2.45, 2.75) is 31.9 Å². The quantitative estimate of drug-likeness (QED) is 0.300. The summed E-state index contributed by atoms with van der Waals surface area (Å²) in [5.74, 6) is 0. The first-order valence-corrected chi connectivity index (χ1v) is 11.0. The SMILES string of the molecule is C1=CC2=C(CC1)CCc1c2ccc2ccccc12.O=c1cc(C(F)(F)F)[nH]c2ccccc12. The van der Waals surface area contributed by atoms with E-state index in [0.29, 0.717) is 6.07 Å². The third-order valence-corrected chi connectivity index (χ3v) is 6.33. The molecule has 0 radical (unpaired) electrons. The highest BCUT2D eigenvalue weighted by Crippen LogP contribution is 2.39. The van der Waals surface area contributed by atoms with Gasteiger partial charge >= 0.3 is 6.18 Å². The lowest BCUT2D eigenvalue weighted by molar-refractivity contribution is -0.141. The number of hydrogen-bond donors (Lipinski definition) is 1. The number of aromatic nitrogens is 1. The van der Waals surface area contributed by atoms with Crippen molar-refractivity contribution in [2.75, 3.05) is 0 Å². The number of aryl methyl sites for hydroxylation is 1. The molecule has 1 N–H and O–H groups in total. The summed E-state index contributed by atoms with van der Waals surface area (Å²) in [6.45, 7) is 0. The van der Waals surface area contributed by atoms with Crippen LogP contribution in [0.2, 0.25) is 0 Å². The van der Waals surface area contributed by atoms with Gasteiger partial charge in [-0.3, -0.25) is 4.79 Å². The Balaban J connectivity index is 0.000000141. The molecule has 0 saturated heterocycles. The molecular formula is C28H22F3NO. The maximum absolute atomic E-state index is 12.3. The molecule has 1 heterocycles. The van der Waals surface area contributed by atoms with Crippen LogP contribution in [-0.4, -0.2) is 4.98 Å². The van der Waals surface area contributed by atoms with Crippen molar-refractivity contribution >= 4 is 27.2 Å². The summed E-state index contributed by atoms with van der Waals surface area (Å²) in [6.07, 6.45) is 5.09. The van der Waals surface area contributed by atoms with Crippen LogP contribution in [0.25, 0.3) is 27.2 Å². The van der Waals surface area contributed by atoms with Crippen molar-refractivity contribution in [3.8, 4) is 0 Å². The fourth-order valence-electron chi connectivity index (χ4n) is 4.73. The molecule has 0 bridgehead atoms. The van der Waals surface area contributed by atoms with Gasteiger partial charge in [-0.05, 0) is 65.3 Å². The fraction of sp³-hybridized carbons (Fsp3) is 0.179. The average Bonchev–Trinajstić information content (AvgIpc) is 2.83. The molecule has 166 valence electrons. The second-order valence-electron chi connectivity index (χ2n) is 8.36. The molecule has 6 rings (SSSR count). The normalized spacial score (nSPS) is 15.1. The van der Waals surface area contributed by atoms with E-state index in [1.165, 1.54) is 59.7 Å². The van der Waals surface area contributed by atoms with Crippen LogP contribution in [0, 0.1) is 0 Å². The van der Waals surface area contributed by atoms with Gasteiger partial charge in [-0.25, -0.2) is 0 Å². The summed E-state index contributed by atoms with van der Waals surface area (Å²) in [6, 6.07) is 20.0. The molecule has 1 aromatic heterocycles. The van der Waals surface area contributed by atoms with E-state index < -0.39 is 17.3 Å². The molecule has 0 atom stereocenters. The van der Waals surface area contributed by atoms with Crippen molar-refractivity contribution in [2.24, 2.45) is 0 Å². The molecule has 3 aromatic carbocycles. The predicted octanol–water partition coefficient (Wildman–Crippen LogP) is 7.44. The molecule has 0 unspecified atom stereocenters. The summed E-state index contributed by atoms with van der Waals surface area (Å²) < 4.78 is 37.0. The Kier molecular flexibility index (Phi) is 5.41. The highest BCUT2D eigenvalue weighted by molar-refractivity contribution is 5.93. The van der Waals surface area contributed by atoms with Crippen LogP contribution in [0.15, 0.2) is 89.2 Å². The Morgan fingerprint density at radius 3 is 2.39 bits per heavy atom. The monoisotopic (exact) mass is 445 g/mol. The molecule has 4 aromatic rings. The maximum atomic E-state index is 12.3. The lowest BCUT2D eigenvalue weighted by Crippen LogP contribution is -2.13. The smallest absolute Gasteiger partial charge is 0.351 e. The molecule has 0 spiro atoms. The first kappa shape index (κ1) is 21.3. The first-order valence-electron chi connectivity index (χ1n) is 11.0. The van der Waals surface area contributed by atoms with Gasteiger partial charge in [0.2, 0.25) is 0 Å². The van der Waals surface area contributed by atoms with Crippen LogP contribution >= 0.6 is 0 Å². The number of benzene rings is 3. The molecular weight excluding hydrogens is 423 g/mol. The summed E-state index contributed by atoms with van der Waals surface area (Å²) in [4.78, 5) is 13.5. The van der Waals surface area contributed by atoms with Crippen molar-refractivity contribution in [3.63, 3.8) is 0 Å². The van der Waals surface area contributed by atoms with Crippen LogP contribution in [0.3, 0.4) is 0 Å². The zero-order chi connectivity index (χ0) is 23.0. The predicted molar refractivity (Wildman–Crippen MR) is 127 cm³/mol. The zero-order valence-electron chi connectivity index (χ0n) is 17.9. The van der Waals surface area contributed by atoms with E-state index in [9.17, 15) is 18.0 Å². The lowest BCUT2D eigenvalue weighted by atomic mass is 9.80. The maximum Gasteiger partial charge on any atom is 0.431 e. The Labute approximate surface area is 189 Å². The van der Waals surface area contributed by atoms with Gasteiger partial charge in [-0.15, -0.1) is 0 Å². The van der Waals surface area contributed by atoms with E-state index in [1.807, 2.05) is 0 Å². The number of hydrogen-bond acceptors (Lipinski definition) is 1. The van der Waals surface area contributed by atoms with Crippen molar-refractivity contribution in [1.29, 1.82) is 0 Å². The minimum absolute atomic E-state index is 0.192. The Hall–Kier alpha value is -3.60. The first-order chi connectivity index (χ1) is 15.9. The van der Waals surface area contributed by atoms with E-state index in [-0.39, 0.29) is 10.9 Å². The van der Waals surface area contributed by atoms with Gasteiger partial charge in [-0.1, -0.05) is 66.3 Å². The van der Waals surface area contributed by atoms with Crippen molar-refractivity contribution in [1.82, 2.24) is 4.98 Å². The van der Waals surface area contributed by atoms with Crippen LogP contribution in [0.4, 0.5) is 13.2 Å². The topological polar surface area (TPSA) is 32.9 Å². The minimum Gasteiger partial charge on any atom is -0.351 e. The highest BCUT2D eigenvalue weighted by atomic mass is 19.4. The van der Waals surface area contributed by atoms with Crippen molar-refractivity contribution < 1.29 is 13.2 Å². The van der Waals surface area contributed by atoms with E-state index in [2.05, 4.69) is 53.5 Å². The number of rotatable bonds is 0. The summed E-state index contributed by atoms with van der Waals surface area (Å²) >= 11 is 0. The van der Waals surface area contributed by atoms with Crippen LogP contribution in [0.1, 0.15) is 36.1 Å². The second kappa shape index (κ2) is 8.39. The number of halogens is 3. The molecule has 33 heavy (non-hydrogen) atoms. The lowest BCUT2D eigenvalue weighted by Gasteiger charge is -2.25. The highest BCUT2D eigenvalue weighted by Gasteiger charge is 2.32. The Morgan fingerprint density at radius 2 is 1.58 bits per heavy atom. The van der Waals surface area contributed by atoms with Gasteiger partial charge < -0.3 is 4.98 Å². The summed E-state index contributed by atoms with van der Waals surface area (Å²) in [5.41, 5.74) is 4.75. The zero-order valence-corrected chi connectivity index (χ0v) is 17.9. The number of pyridine rings is 1. The van der Waals surface area contributed by atoms with E-state index in [1.54, 1.807) is 23.3 Å². The summed E-state index contributed by atoms with van der Waals surface area (Å²) in [7, 11) is 0. The minimum atomic E-state index is -4.52.